The summed E-state index contributed by atoms with van der Waals surface area (Å²) in [5.74, 6) is 1.42. The second-order valence-electron chi connectivity index (χ2n) is 5.73. The Kier molecular flexibility index (Phi) is 3.94. The molecule has 2 N–H and O–H groups in total. The summed E-state index contributed by atoms with van der Waals surface area (Å²) in [5, 5.41) is 0. The highest BCUT2D eigenvalue weighted by Crippen LogP contribution is 2.41. The monoisotopic (exact) mass is 295 g/mol. The molecule has 0 amide bonds. The summed E-state index contributed by atoms with van der Waals surface area (Å²) in [5.41, 5.74) is 7.68. The van der Waals surface area contributed by atoms with Crippen LogP contribution in [0.1, 0.15) is 45.1 Å². The van der Waals surface area contributed by atoms with E-state index >= 15 is 0 Å². The molecule has 17 heavy (non-hydrogen) atoms. The molecule has 0 saturated heterocycles. The predicted molar refractivity (Wildman–Crippen MR) is 76.8 cm³/mol. The Morgan fingerprint density at radius 3 is 2.65 bits per heavy atom. The molecule has 0 spiro atoms. The lowest BCUT2D eigenvalue weighted by atomic mass is 9.70. The zero-order chi connectivity index (χ0) is 12.5. The van der Waals surface area contributed by atoms with Crippen LogP contribution in [0.3, 0.4) is 0 Å². The molecule has 1 aliphatic carbocycles. The predicted octanol–water partition coefficient (Wildman–Crippen LogP) is 4.45. The van der Waals surface area contributed by atoms with Gasteiger partial charge in [-0.15, -0.1) is 0 Å². The lowest BCUT2D eigenvalue weighted by molar-refractivity contribution is 0.184. The van der Waals surface area contributed by atoms with Gasteiger partial charge in [-0.05, 0) is 43.2 Å². The fourth-order valence-corrected chi connectivity index (χ4v) is 3.81. The van der Waals surface area contributed by atoms with Gasteiger partial charge in [-0.3, -0.25) is 0 Å². The van der Waals surface area contributed by atoms with E-state index in [0.29, 0.717) is 5.92 Å². The van der Waals surface area contributed by atoms with Crippen LogP contribution in [0.2, 0.25) is 0 Å². The van der Waals surface area contributed by atoms with Crippen molar-refractivity contribution < 1.29 is 0 Å². The molecule has 0 aromatic heterocycles. The fraction of sp³-hybridized carbons (Fsp3) is 0.600. The van der Waals surface area contributed by atoms with E-state index in [1.165, 1.54) is 31.2 Å². The van der Waals surface area contributed by atoms with Crippen LogP contribution in [0, 0.1) is 11.8 Å². The van der Waals surface area contributed by atoms with Crippen molar-refractivity contribution >= 4 is 15.9 Å². The largest absolute Gasteiger partial charge is 0.321 e. The van der Waals surface area contributed by atoms with Crippen molar-refractivity contribution in [2.45, 2.75) is 45.1 Å². The molecular formula is C15H22BrN. The van der Waals surface area contributed by atoms with Gasteiger partial charge in [-0.1, -0.05) is 53.9 Å². The Balaban J connectivity index is 2.26. The summed E-state index contributed by atoms with van der Waals surface area (Å²) in [4.78, 5) is 0. The number of rotatable bonds is 2. The van der Waals surface area contributed by atoms with Gasteiger partial charge in [-0.25, -0.2) is 0 Å². The average molecular weight is 296 g/mol. The summed E-state index contributed by atoms with van der Waals surface area (Å²) in [7, 11) is 0. The molecule has 1 nitrogen and oxygen atoms in total. The molecule has 2 heteroatoms. The number of hydrogen-bond acceptors (Lipinski definition) is 1. The first kappa shape index (κ1) is 13.1. The van der Waals surface area contributed by atoms with Crippen LogP contribution in [0.15, 0.2) is 28.7 Å². The van der Waals surface area contributed by atoms with Gasteiger partial charge in [0.15, 0.2) is 0 Å². The molecule has 1 aliphatic rings. The Labute approximate surface area is 113 Å². The number of benzene rings is 1. The zero-order valence-corrected chi connectivity index (χ0v) is 12.3. The average Bonchev–Trinajstić information content (AvgIpc) is 2.29. The topological polar surface area (TPSA) is 26.0 Å². The molecule has 1 saturated carbocycles. The van der Waals surface area contributed by atoms with Crippen LogP contribution < -0.4 is 5.73 Å². The maximum Gasteiger partial charge on any atom is 0.0420 e. The highest BCUT2D eigenvalue weighted by Gasteiger charge is 2.35. The number of nitrogens with two attached hydrogens (primary N) is 1. The second kappa shape index (κ2) is 5.11. The summed E-state index contributed by atoms with van der Waals surface area (Å²) >= 11 is 3.63. The molecule has 0 aliphatic heterocycles. The van der Waals surface area contributed by atoms with Crippen LogP contribution in [0.4, 0.5) is 0 Å². The van der Waals surface area contributed by atoms with Crippen molar-refractivity contribution in [1.29, 1.82) is 0 Å². The van der Waals surface area contributed by atoms with Crippen molar-refractivity contribution in [1.82, 2.24) is 0 Å². The number of hydrogen-bond donors (Lipinski definition) is 1. The third-order valence-electron chi connectivity index (χ3n) is 4.24. The van der Waals surface area contributed by atoms with Crippen molar-refractivity contribution in [2.24, 2.45) is 17.6 Å². The maximum absolute atomic E-state index is 6.65. The highest BCUT2D eigenvalue weighted by molar-refractivity contribution is 9.10. The van der Waals surface area contributed by atoms with E-state index in [-0.39, 0.29) is 5.54 Å². The van der Waals surface area contributed by atoms with Crippen LogP contribution in [-0.4, -0.2) is 0 Å². The van der Waals surface area contributed by atoms with Crippen molar-refractivity contribution in [3.63, 3.8) is 0 Å². The summed E-state index contributed by atoms with van der Waals surface area (Å²) in [6.07, 6.45) is 5.21. The lowest BCUT2D eigenvalue weighted by Crippen LogP contribution is -2.43. The van der Waals surface area contributed by atoms with Crippen molar-refractivity contribution in [3.05, 3.63) is 34.3 Å². The molecule has 0 bridgehead atoms. The van der Waals surface area contributed by atoms with Crippen LogP contribution in [0.5, 0.6) is 0 Å². The van der Waals surface area contributed by atoms with Gasteiger partial charge in [0.2, 0.25) is 0 Å². The second-order valence-corrected chi connectivity index (χ2v) is 6.59. The van der Waals surface area contributed by atoms with Crippen LogP contribution in [-0.2, 0) is 5.54 Å². The molecule has 3 atom stereocenters. The van der Waals surface area contributed by atoms with E-state index in [4.69, 9.17) is 5.73 Å². The minimum Gasteiger partial charge on any atom is -0.321 e. The minimum absolute atomic E-state index is 0.214. The van der Waals surface area contributed by atoms with E-state index < -0.39 is 0 Å². The molecular weight excluding hydrogens is 274 g/mol. The summed E-state index contributed by atoms with van der Waals surface area (Å²) < 4.78 is 1.14. The van der Waals surface area contributed by atoms with Crippen molar-refractivity contribution in [2.75, 3.05) is 0 Å². The summed E-state index contributed by atoms with van der Waals surface area (Å²) in [6, 6.07) is 8.38. The molecule has 3 unspecified atom stereocenters. The van der Waals surface area contributed by atoms with E-state index in [0.717, 1.165) is 10.4 Å². The first-order chi connectivity index (χ1) is 8.01. The van der Waals surface area contributed by atoms with Gasteiger partial charge in [0.1, 0.15) is 0 Å². The van der Waals surface area contributed by atoms with Gasteiger partial charge in [0, 0.05) is 10.0 Å². The Morgan fingerprint density at radius 2 is 2.00 bits per heavy atom. The molecule has 1 fully saturated rings. The standard InChI is InChI=1S/C15H22BrN/c1-11-6-5-7-12(10-11)15(2,17)13-8-3-4-9-14(13)16/h3-4,8-9,11-12H,5-7,10,17H2,1-2H3. The first-order valence-corrected chi connectivity index (χ1v) is 7.35. The van der Waals surface area contributed by atoms with Gasteiger partial charge in [-0.2, -0.15) is 0 Å². The van der Waals surface area contributed by atoms with Crippen LogP contribution >= 0.6 is 15.9 Å². The quantitative estimate of drug-likeness (QED) is 0.857. The van der Waals surface area contributed by atoms with E-state index in [9.17, 15) is 0 Å². The van der Waals surface area contributed by atoms with Gasteiger partial charge in [0.05, 0.1) is 0 Å². The van der Waals surface area contributed by atoms with Gasteiger partial charge >= 0.3 is 0 Å². The highest BCUT2D eigenvalue weighted by atomic mass is 79.9. The molecule has 94 valence electrons. The smallest absolute Gasteiger partial charge is 0.0420 e. The fourth-order valence-electron chi connectivity index (χ4n) is 3.10. The Bertz CT molecular complexity index is 386. The zero-order valence-electron chi connectivity index (χ0n) is 10.7. The SMILES string of the molecule is CC1CCCC(C(C)(N)c2ccccc2Br)C1. The Morgan fingerprint density at radius 1 is 1.29 bits per heavy atom. The Hall–Kier alpha value is -0.340. The normalized spacial score (nSPS) is 28.7. The third-order valence-corrected chi connectivity index (χ3v) is 4.93. The van der Waals surface area contributed by atoms with E-state index in [2.05, 4.69) is 48.0 Å². The molecule has 0 radical (unpaired) electrons. The van der Waals surface area contributed by atoms with Gasteiger partial charge < -0.3 is 5.73 Å². The number of halogens is 1. The third kappa shape index (κ3) is 2.74. The molecule has 2 rings (SSSR count). The van der Waals surface area contributed by atoms with Crippen LogP contribution in [0.25, 0.3) is 0 Å². The van der Waals surface area contributed by atoms with E-state index in [1.54, 1.807) is 0 Å². The first-order valence-electron chi connectivity index (χ1n) is 6.55. The molecule has 1 aromatic rings. The van der Waals surface area contributed by atoms with Gasteiger partial charge in [0.25, 0.3) is 0 Å². The van der Waals surface area contributed by atoms with E-state index in [1.807, 2.05) is 6.07 Å². The molecule has 1 aromatic carbocycles. The summed E-state index contributed by atoms with van der Waals surface area (Å²) in [6.45, 7) is 4.54. The maximum atomic E-state index is 6.65. The molecule has 0 heterocycles. The van der Waals surface area contributed by atoms with Crippen molar-refractivity contribution in [3.8, 4) is 0 Å². The minimum atomic E-state index is -0.214. The lowest BCUT2D eigenvalue weighted by Gasteiger charge is -2.39.